The van der Waals surface area contributed by atoms with E-state index in [9.17, 15) is 9.18 Å². The molecule has 0 unspecified atom stereocenters. The van der Waals surface area contributed by atoms with E-state index in [1.165, 1.54) is 23.9 Å². The van der Waals surface area contributed by atoms with Gasteiger partial charge in [-0.1, -0.05) is 18.2 Å². The maximum absolute atomic E-state index is 13.1. The number of carbonyl (C=O) groups is 1. The molecule has 0 amide bonds. The molecule has 0 atom stereocenters. The lowest BCUT2D eigenvalue weighted by Crippen LogP contribution is -2.05. The highest BCUT2D eigenvalue weighted by Crippen LogP contribution is 2.23. The largest absolute Gasteiger partial charge is 0.298 e. The zero-order valence-electron chi connectivity index (χ0n) is 11.1. The number of ketones is 1. The van der Waals surface area contributed by atoms with Crippen molar-refractivity contribution in [3.8, 4) is 0 Å². The van der Waals surface area contributed by atoms with Gasteiger partial charge in [-0.3, -0.25) is 4.79 Å². The molecule has 2 nitrogen and oxygen atoms in total. The van der Waals surface area contributed by atoms with Crippen LogP contribution in [0.25, 0.3) is 10.2 Å². The van der Waals surface area contributed by atoms with Gasteiger partial charge in [-0.2, -0.15) is 0 Å². The Morgan fingerprint density at radius 1 is 1.19 bits per heavy atom. The number of Topliss-reactive ketones (excluding diaryl/α,β-unsaturated/α-hetero) is 1. The number of nitrogens with zero attached hydrogens (tertiary/aromatic N) is 1. The number of thioether (sulfide) groups is 1. The highest BCUT2D eigenvalue weighted by molar-refractivity contribution is 8.00. The van der Waals surface area contributed by atoms with Gasteiger partial charge in [-0.25, -0.2) is 9.37 Å². The van der Waals surface area contributed by atoms with Crippen LogP contribution in [0.15, 0.2) is 53.4 Å². The second kappa shape index (κ2) is 6.37. The van der Waals surface area contributed by atoms with Gasteiger partial charge >= 0.3 is 0 Å². The van der Waals surface area contributed by atoms with Gasteiger partial charge in [0.25, 0.3) is 0 Å². The van der Waals surface area contributed by atoms with Gasteiger partial charge < -0.3 is 0 Å². The Labute approximate surface area is 130 Å². The predicted octanol–water partition coefficient (Wildman–Crippen LogP) is 4.34. The van der Waals surface area contributed by atoms with E-state index in [2.05, 4.69) is 4.98 Å². The van der Waals surface area contributed by atoms with Gasteiger partial charge in [0.15, 0.2) is 0 Å². The summed E-state index contributed by atoms with van der Waals surface area (Å²) >= 11 is 2.90. The van der Waals surface area contributed by atoms with Gasteiger partial charge in [0.1, 0.15) is 16.6 Å². The summed E-state index contributed by atoms with van der Waals surface area (Å²) < 4.78 is 14.1. The van der Waals surface area contributed by atoms with Crippen LogP contribution in [0.2, 0.25) is 0 Å². The number of halogens is 1. The van der Waals surface area contributed by atoms with Crippen molar-refractivity contribution >= 4 is 39.1 Å². The standard InChI is InChI=1S/C16H12FNOS2/c17-11-4-3-5-13(8-11)20-10-12(19)9-16-18-14-6-1-2-7-15(14)21-16/h1-8H,9-10H2. The number of carbonyl (C=O) groups excluding carboxylic acids is 1. The summed E-state index contributed by atoms with van der Waals surface area (Å²) in [4.78, 5) is 17.2. The molecule has 3 rings (SSSR count). The lowest BCUT2D eigenvalue weighted by atomic mass is 10.3. The minimum absolute atomic E-state index is 0.100. The summed E-state index contributed by atoms with van der Waals surface area (Å²) in [5.74, 6) is 0.154. The van der Waals surface area contributed by atoms with Gasteiger partial charge in [-0.05, 0) is 30.3 Å². The normalized spacial score (nSPS) is 10.9. The Morgan fingerprint density at radius 3 is 2.86 bits per heavy atom. The lowest BCUT2D eigenvalue weighted by molar-refractivity contribution is -0.116. The quantitative estimate of drug-likeness (QED) is 0.656. The molecule has 0 radical (unpaired) electrons. The number of para-hydroxylation sites is 1. The molecule has 5 heteroatoms. The zero-order valence-corrected chi connectivity index (χ0v) is 12.7. The maximum Gasteiger partial charge on any atom is 0.149 e. The minimum Gasteiger partial charge on any atom is -0.298 e. The smallest absolute Gasteiger partial charge is 0.149 e. The fraction of sp³-hybridized carbons (Fsp3) is 0.125. The molecule has 0 aliphatic carbocycles. The molecule has 0 spiro atoms. The fourth-order valence-electron chi connectivity index (χ4n) is 1.94. The van der Waals surface area contributed by atoms with Crippen molar-refractivity contribution in [2.45, 2.75) is 11.3 Å². The van der Waals surface area contributed by atoms with Crippen molar-refractivity contribution in [3.63, 3.8) is 0 Å². The molecule has 0 aliphatic rings. The van der Waals surface area contributed by atoms with Crippen molar-refractivity contribution in [2.75, 3.05) is 5.75 Å². The maximum atomic E-state index is 13.1. The van der Waals surface area contributed by atoms with Crippen molar-refractivity contribution in [1.82, 2.24) is 4.98 Å². The van der Waals surface area contributed by atoms with Crippen LogP contribution in [-0.4, -0.2) is 16.5 Å². The molecule has 1 aromatic heterocycles. The monoisotopic (exact) mass is 317 g/mol. The van der Waals surface area contributed by atoms with E-state index in [-0.39, 0.29) is 11.6 Å². The van der Waals surface area contributed by atoms with Crippen LogP contribution in [0.4, 0.5) is 4.39 Å². The second-order valence-electron chi connectivity index (χ2n) is 4.54. The predicted molar refractivity (Wildman–Crippen MR) is 85.5 cm³/mol. The molecule has 0 N–H and O–H groups in total. The summed E-state index contributed by atoms with van der Waals surface area (Å²) in [7, 11) is 0. The summed E-state index contributed by atoms with van der Waals surface area (Å²) in [6, 6.07) is 14.1. The van der Waals surface area contributed by atoms with E-state index in [1.807, 2.05) is 24.3 Å². The van der Waals surface area contributed by atoms with Crippen molar-refractivity contribution in [2.24, 2.45) is 0 Å². The molecular formula is C16H12FNOS2. The van der Waals surface area contributed by atoms with Crippen molar-refractivity contribution in [3.05, 3.63) is 59.4 Å². The summed E-state index contributed by atoms with van der Waals surface area (Å²) in [6.45, 7) is 0. The van der Waals surface area contributed by atoms with E-state index in [4.69, 9.17) is 0 Å². The number of thiazole rings is 1. The Morgan fingerprint density at radius 2 is 2.05 bits per heavy atom. The Bertz CT molecular complexity index is 752. The lowest BCUT2D eigenvalue weighted by Gasteiger charge is -2.00. The van der Waals surface area contributed by atoms with Gasteiger partial charge in [0.05, 0.1) is 22.4 Å². The number of hydrogen-bond donors (Lipinski definition) is 0. The van der Waals surface area contributed by atoms with Crippen LogP contribution in [-0.2, 0) is 11.2 Å². The highest BCUT2D eigenvalue weighted by atomic mass is 32.2. The molecule has 0 saturated heterocycles. The second-order valence-corrected chi connectivity index (χ2v) is 6.70. The van der Waals surface area contributed by atoms with Gasteiger partial charge in [0, 0.05) is 4.90 Å². The summed E-state index contributed by atoms with van der Waals surface area (Å²) in [5, 5.41) is 0.834. The molecule has 2 aromatic carbocycles. The highest BCUT2D eigenvalue weighted by Gasteiger charge is 2.09. The number of aromatic nitrogens is 1. The number of rotatable bonds is 5. The third-order valence-corrected chi connectivity index (χ3v) is 4.97. The third kappa shape index (κ3) is 3.68. The van der Waals surface area contributed by atoms with Crippen LogP contribution in [0.1, 0.15) is 5.01 Å². The topological polar surface area (TPSA) is 30.0 Å². The number of hydrogen-bond acceptors (Lipinski definition) is 4. The molecule has 0 fully saturated rings. The van der Waals surface area contributed by atoms with Gasteiger partial charge in [-0.15, -0.1) is 23.1 Å². The van der Waals surface area contributed by atoms with Gasteiger partial charge in [0.2, 0.25) is 0 Å². The molecule has 106 valence electrons. The molecular weight excluding hydrogens is 305 g/mol. The van der Waals surface area contributed by atoms with E-state index in [0.29, 0.717) is 12.2 Å². The average Bonchev–Trinajstić information content (AvgIpc) is 2.87. The SMILES string of the molecule is O=C(CSc1cccc(F)c1)Cc1nc2ccccc2s1. The van der Waals surface area contributed by atoms with E-state index in [0.717, 1.165) is 20.1 Å². The first-order valence-electron chi connectivity index (χ1n) is 6.45. The Hall–Kier alpha value is -1.72. The first-order chi connectivity index (χ1) is 10.2. The number of benzene rings is 2. The van der Waals surface area contributed by atoms with Crippen LogP contribution in [0.3, 0.4) is 0 Å². The van der Waals surface area contributed by atoms with E-state index >= 15 is 0 Å². The van der Waals surface area contributed by atoms with Crippen LogP contribution < -0.4 is 0 Å². The molecule has 0 saturated carbocycles. The Kier molecular flexibility index (Phi) is 4.31. The zero-order chi connectivity index (χ0) is 14.7. The summed E-state index contributed by atoms with van der Waals surface area (Å²) in [6.07, 6.45) is 0.335. The van der Waals surface area contributed by atoms with Crippen molar-refractivity contribution in [1.29, 1.82) is 0 Å². The van der Waals surface area contributed by atoms with E-state index in [1.54, 1.807) is 23.5 Å². The first kappa shape index (κ1) is 14.2. The number of fused-ring (bicyclic) bond motifs is 1. The van der Waals surface area contributed by atoms with Crippen LogP contribution >= 0.6 is 23.1 Å². The molecule has 1 heterocycles. The average molecular weight is 317 g/mol. The molecule has 3 aromatic rings. The fourth-order valence-corrected chi connectivity index (χ4v) is 3.73. The van der Waals surface area contributed by atoms with Crippen molar-refractivity contribution < 1.29 is 9.18 Å². The third-order valence-electron chi connectivity index (χ3n) is 2.88. The minimum atomic E-state index is -0.279. The van der Waals surface area contributed by atoms with Crippen LogP contribution in [0.5, 0.6) is 0 Å². The molecule has 21 heavy (non-hydrogen) atoms. The molecule has 0 aliphatic heterocycles. The Balaban J connectivity index is 1.61. The summed E-state index contributed by atoms with van der Waals surface area (Å²) in [5.41, 5.74) is 0.933. The molecule has 0 bridgehead atoms. The van der Waals surface area contributed by atoms with Crippen LogP contribution in [0, 0.1) is 5.82 Å². The van der Waals surface area contributed by atoms with E-state index < -0.39 is 0 Å². The first-order valence-corrected chi connectivity index (χ1v) is 8.25.